The van der Waals surface area contributed by atoms with Crippen LogP contribution >= 0.6 is 23.1 Å². The predicted molar refractivity (Wildman–Crippen MR) is 103 cm³/mol. The minimum atomic E-state index is -1.08. The van der Waals surface area contributed by atoms with Crippen LogP contribution in [0.1, 0.15) is 35.3 Å². The Morgan fingerprint density at radius 3 is 2.26 bits per heavy atom. The summed E-state index contributed by atoms with van der Waals surface area (Å²) in [4.78, 5) is 52.4. The van der Waals surface area contributed by atoms with Gasteiger partial charge in [-0.3, -0.25) is 19.3 Å². The Hall–Kier alpha value is -2.45. The number of nitrogens with zero attached hydrogens (tertiary/aromatic N) is 1. The molecule has 1 aromatic carbocycles. The first kappa shape index (κ1) is 19.3. The molecule has 0 aliphatic carbocycles. The third kappa shape index (κ3) is 3.81. The Morgan fingerprint density at radius 1 is 1.11 bits per heavy atom. The fourth-order valence-corrected chi connectivity index (χ4v) is 4.18. The lowest BCUT2D eigenvalue weighted by atomic mass is 10.1. The van der Waals surface area contributed by atoms with Gasteiger partial charge in [0.15, 0.2) is 6.61 Å². The van der Waals surface area contributed by atoms with Crippen molar-refractivity contribution in [3.63, 3.8) is 0 Å². The first-order chi connectivity index (χ1) is 12.9. The fourth-order valence-electron chi connectivity index (χ4n) is 2.79. The van der Waals surface area contributed by atoms with Crippen LogP contribution in [0.25, 0.3) is 0 Å². The molecule has 1 atom stereocenters. The van der Waals surface area contributed by atoms with Gasteiger partial charge in [0, 0.05) is 10.6 Å². The van der Waals surface area contributed by atoms with Crippen LogP contribution in [0.2, 0.25) is 0 Å². The molecule has 2 aromatic rings. The van der Waals surface area contributed by atoms with Gasteiger partial charge in [-0.15, -0.1) is 11.3 Å². The van der Waals surface area contributed by atoms with Crippen molar-refractivity contribution in [3.8, 4) is 0 Å². The van der Waals surface area contributed by atoms with E-state index in [-0.39, 0.29) is 22.7 Å². The van der Waals surface area contributed by atoms with Gasteiger partial charge in [0.05, 0.1) is 16.0 Å². The SMILES string of the molecule is CSC[C@H](C(=O)OCC(=O)c1ccc(C)s1)N1C(=O)c2ccccc2C1=O. The lowest BCUT2D eigenvalue weighted by molar-refractivity contribution is -0.146. The molecule has 0 saturated carbocycles. The molecule has 8 heteroatoms. The number of carbonyl (C=O) groups excluding carboxylic acids is 4. The highest BCUT2D eigenvalue weighted by molar-refractivity contribution is 7.98. The maximum absolute atomic E-state index is 12.6. The van der Waals surface area contributed by atoms with E-state index in [1.165, 1.54) is 23.1 Å². The van der Waals surface area contributed by atoms with Crippen LogP contribution in [0.3, 0.4) is 0 Å². The van der Waals surface area contributed by atoms with E-state index in [0.717, 1.165) is 9.78 Å². The molecule has 6 nitrogen and oxygen atoms in total. The number of amides is 2. The van der Waals surface area contributed by atoms with Gasteiger partial charge in [-0.25, -0.2) is 4.79 Å². The average molecular weight is 403 g/mol. The molecular formula is C19H17NO5S2. The minimum absolute atomic E-state index is 0.191. The summed E-state index contributed by atoms with van der Waals surface area (Å²) in [5, 5.41) is 0. The number of esters is 1. The van der Waals surface area contributed by atoms with Gasteiger partial charge in [-0.05, 0) is 37.4 Å². The zero-order valence-electron chi connectivity index (χ0n) is 14.8. The molecule has 140 valence electrons. The van der Waals surface area contributed by atoms with E-state index < -0.39 is 30.4 Å². The zero-order valence-corrected chi connectivity index (χ0v) is 16.4. The highest BCUT2D eigenvalue weighted by atomic mass is 32.2. The van der Waals surface area contributed by atoms with E-state index in [9.17, 15) is 19.2 Å². The number of thiophene rings is 1. The Labute approximate surface area is 164 Å². The number of ketones is 1. The lowest BCUT2D eigenvalue weighted by Gasteiger charge is -2.23. The summed E-state index contributed by atoms with van der Waals surface area (Å²) in [5.74, 6) is -1.93. The summed E-state index contributed by atoms with van der Waals surface area (Å²) in [6, 6.07) is 8.85. The molecular weight excluding hydrogens is 386 g/mol. The number of thioether (sulfide) groups is 1. The molecule has 1 aromatic heterocycles. The monoisotopic (exact) mass is 403 g/mol. The average Bonchev–Trinajstić information content (AvgIpc) is 3.20. The number of aryl methyl sites for hydroxylation is 1. The van der Waals surface area contributed by atoms with Gasteiger partial charge in [-0.1, -0.05) is 12.1 Å². The topological polar surface area (TPSA) is 80.8 Å². The van der Waals surface area contributed by atoms with Crippen molar-refractivity contribution in [2.75, 3.05) is 18.6 Å². The van der Waals surface area contributed by atoms with E-state index in [4.69, 9.17) is 4.74 Å². The Kier molecular flexibility index (Phi) is 5.76. The Morgan fingerprint density at radius 2 is 1.74 bits per heavy atom. The van der Waals surface area contributed by atoms with Crippen molar-refractivity contribution in [2.24, 2.45) is 0 Å². The summed E-state index contributed by atoms with van der Waals surface area (Å²) in [5.41, 5.74) is 0.540. The van der Waals surface area contributed by atoms with Crippen LogP contribution in [0.4, 0.5) is 0 Å². The van der Waals surface area contributed by atoms with Gasteiger partial charge in [0.2, 0.25) is 5.78 Å². The second kappa shape index (κ2) is 8.06. The number of ether oxygens (including phenoxy) is 1. The van der Waals surface area contributed by atoms with Crippen molar-refractivity contribution >= 4 is 46.7 Å². The molecule has 0 fully saturated rings. The smallest absolute Gasteiger partial charge is 0.330 e. The van der Waals surface area contributed by atoms with Gasteiger partial charge < -0.3 is 4.74 Å². The second-order valence-electron chi connectivity index (χ2n) is 5.94. The maximum atomic E-state index is 12.6. The molecule has 1 aliphatic rings. The predicted octanol–water partition coefficient (Wildman–Crippen LogP) is 2.81. The van der Waals surface area contributed by atoms with E-state index in [1.807, 2.05) is 13.0 Å². The molecule has 0 unspecified atom stereocenters. The summed E-state index contributed by atoms with van der Waals surface area (Å²) in [7, 11) is 0. The van der Waals surface area contributed by atoms with E-state index in [0.29, 0.717) is 4.88 Å². The number of fused-ring (bicyclic) bond motifs is 1. The quantitative estimate of drug-likeness (QED) is 0.402. The Bertz CT molecular complexity index is 885. The number of imide groups is 1. The maximum Gasteiger partial charge on any atom is 0.330 e. The molecule has 0 saturated heterocycles. The van der Waals surface area contributed by atoms with E-state index in [2.05, 4.69) is 0 Å². The van der Waals surface area contributed by atoms with E-state index >= 15 is 0 Å². The van der Waals surface area contributed by atoms with Gasteiger partial charge >= 0.3 is 5.97 Å². The molecule has 0 N–H and O–H groups in total. The summed E-state index contributed by atoms with van der Waals surface area (Å²) < 4.78 is 5.15. The normalized spacial score (nSPS) is 14.2. The number of hydrogen-bond acceptors (Lipinski definition) is 7. The first-order valence-corrected chi connectivity index (χ1v) is 10.4. The summed E-state index contributed by atoms with van der Waals surface area (Å²) in [6.45, 7) is 1.46. The number of Topliss-reactive ketones (excluding diaryl/α,β-unsaturated/α-hetero) is 1. The summed E-state index contributed by atoms with van der Waals surface area (Å²) in [6.07, 6.45) is 1.76. The zero-order chi connectivity index (χ0) is 19.6. The molecule has 3 rings (SSSR count). The molecule has 2 heterocycles. The molecule has 0 radical (unpaired) electrons. The standard InChI is InChI=1S/C19H17NO5S2/c1-11-7-8-16(27-11)15(21)9-25-19(24)14(10-26-2)20-17(22)12-5-3-4-6-13(12)18(20)23/h3-8,14H,9-10H2,1-2H3/t14-/m1/s1. The van der Waals surface area contributed by atoms with Crippen LogP contribution in [0, 0.1) is 6.92 Å². The third-order valence-corrected chi connectivity index (χ3v) is 5.79. The van der Waals surface area contributed by atoms with Crippen molar-refractivity contribution in [3.05, 3.63) is 57.3 Å². The van der Waals surface area contributed by atoms with Gasteiger partial charge in [-0.2, -0.15) is 11.8 Å². The molecule has 0 spiro atoms. The van der Waals surface area contributed by atoms with Crippen molar-refractivity contribution < 1.29 is 23.9 Å². The fraction of sp³-hybridized carbons (Fsp3) is 0.263. The van der Waals surface area contributed by atoms with Crippen molar-refractivity contribution in [1.29, 1.82) is 0 Å². The van der Waals surface area contributed by atoms with Crippen LogP contribution in [-0.4, -0.2) is 53.1 Å². The number of benzene rings is 1. The molecule has 0 bridgehead atoms. The first-order valence-electron chi connectivity index (χ1n) is 8.16. The third-order valence-electron chi connectivity index (χ3n) is 4.09. The minimum Gasteiger partial charge on any atom is -0.456 e. The summed E-state index contributed by atoms with van der Waals surface area (Å²) >= 11 is 2.63. The second-order valence-corrected chi connectivity index (χ2v) is 8.14. The molecule has 1 aliphatic heterocycles. The lowest BCUT2D eigenvalue weighted by Crippen LogP contribution is -2.47. The number of carbonyl (C=O) groups is 4. The highest BCUT2D eigenvalue weighted by Crippen LogP contribution is 2.26. The van der Waals surface area contributed by atoms with E-state index in [1.54, 1.807) is 36.6 Å². The van der Waals surface area contributed by atoms with Gasteiger partial charge in [0.1, 0.15) is 6.04 Å². The van der Waals surface area contributed by atoms with Gasteiger partial charge in [0.25, 0.3) is 11.8 Å². The highest BCUT2D eigenvalue weighted by Gasteiger charge is 2.43. The van der Waals surface area contributed by atoms with Crippen LogP contribution < -0.4 is 0 Å². The molecule has 27 heavy (non-hydrogen) atoms. The molecule has 2 amide bonds. The van der Waals surface area contributed by atoms with Crippen LogP contribution in [0.5, 0.6) is 0 Å². The number of hydrogen-bond donors (Lipinski definition) is 0. The van der Waals surface area contributed by atoms with Crippen LogP contribution in [0.15, 0.2) is 36.4 Å². The number of rotatable bonds is 7. The van der Waals surface area contributed by atoms with Crippen LogP contribution in [-0.2, 0) is 9.53 Å². The largest absolute Gasteiger partial charge is 0.456 e. The van der Waals surface area contributed by atoms with Crippen molar-refractivity contribution in [2.45, 2.75) is 13.0 Å². The van der Waals surface area contributed by atoms with Crippen molar-refractivity contribution in [1.82, 2.24) is 4.90 Å². The Balaban J connectivity index is 1.74.